The first-order chi connectivity index (χ1) is 11.5. The number of phenols is 1. The molecule has 0 amide bonds. The molecule has 2 atom stereocenters. The zero-order valence-corrected chi connectivity index (χ0v) is 14.3. The van der Waals surface area contributed by atoms with E-state index in [4.69, 9.17) is 4.42 Å². The number of aliphatic hydroxyl groups excluding tert-OH is 1. The van der Waals surface area contributed by atoms with Gasteiger partial charge in [0.1, 0.15) is 11.3 Å². The number of hydrogen-bond donors (Lipinski definition) is 2. The van der Waals surface area contributed by atoms with Crippen LogP contribution in [0.1, 0.15) is 37.8 Å². The van der Waals surface area contributed by atoms with Gasteiger partial charge >= 0.3 is 5.63 Å². The number of aryl methyl sites for hydroxylation is 1. The minimum atomic E-state index is -0.398. The summed E-state index contributed by atoms with van der Waals surface area (Å²) in [5.74, 6) is 0.442. The molecule has 0 aliphatic carbocycles. The van der Waals surface area contributed by atoms with Crippen molar-refractivity contribution in [3.05, 3.63) is 39.7 Å². The lowest BCUT2D eigenvalue weighted by Gasteiger charge is -2.34. The Balaban J connectivity index is 1.95. The van der Waals surface area contributed by atoms with Gasteiger partial charge in [0.05, 0.1) is 6.10 Å². The number of hydrogen-bond acceptors (Lipinski definition) is 5. The summed E-state index contributed by atoms with van der Waals surface area (Å²) in [5, 5.41) is 20.7. The van der Waals surface area contributed by atoms with E-state index in [1.807, 2.05) is 19.9 Å². The van der Waals surface area contributed by atoms with E-state index in [1.165, 1.54) is 6.07 Å². The summed E-state index contributed by atoms with van der Waals surface area (Å²) in [4.78, 5) is 14.2. The van der Waals surface area contributed by atoms with Gasteiger partial charge in [-0.3, -0.25) is 4.90 Å². The van der Waals surface area contributed by atoms with Crippen LogP contribution in [0.15, 0.2) is 27.4 Å². The average Bonchev–Trinajstić information content (AvgIpc) is 2.54. The van der Waals surface area contributed by atoms with Crippen LogP contribution < -0.4 is 5.63 Å². The highest BCUT2D eigenvalue weighted by atomic mass is 16.4. The molecule has 5 heteroatoms. The van der Waals surface area contributed by atoms with Gasteiger partial charge in [-0.1, -0.05) is 6.92 Å². The molecule has 3 rings (SSSR count). The first-order valence-corrected chi connectivity index (χ1v) is 8.67. The molecule has 1 aliphatic heterocycles. The van der Waals surface area contributed by atoms with Crippen LogP contribution in [0.2, 0.25) is 0 Å². The Morgan fingerprint density at radius 1 is 1.33 bits per heavy atom. The maximum absolute atomic E-state index is 11.9. The van der Waals surface area contributed by atoms with Gasteiger partial charge in [-0.25, -0.2) is 4.79 Å². The minimum absolute atomic E-state index is 0.164. The van der Waals surface area contributed by atoms with Gasteiger partial charge in [-0.2, -0.15) is 0 Å². The second-order valence-electron chi connectivity index (χ2n) is 6.80. The SMILES string of the molecule is CCc1cc2c(CN3CCCC(C(C)O)C3)cc(=O)oc2cc1O. The molecule has 5 nitrogen and oxygen atoms in total. The number of benzene rings is 1. The zero-order valence-electron chi connectivity index (χ0n) is 14.3. The zero-order chi connectivity index (χ0) is 17.3. The maximum atomic E-state index is 11.9. The smallest absolute Gasteiger partial charge is 0.336 e. The van der Waals surface area contributed by atoms with Crippen LogP contribution in [0.5, 0.6) is 5.75 Å². The van der Waals surface area contributed by atoms with Crippen molar-refractivity contribution in [2.45, 2.75) is 45.8 Å². The summed E-state index contributed by atoms with van der Waals surface area (Å²) in [5.41, 5.74) is 1.79. The molecule has 1 saturated heterocycles. The van der Waals surface area contributed by atoms with Gasteiger partial charge in [0.2, 0.25) is 0 Å². The molecule has 1 aliphatic rings. The van der Waals surface area contributed by atoms with Crippen LogP contribution >= 0.6 is 0 Å². The number of fused-ring (bicyclic) bond motifs is 1. The summed E-state index contributed by atoms with van der Waals surface area (Å²) in [7, 11) is 0. The standard InChI is InChI=1S/C19H25NO4/c1-3-13-7-16-15(8-19(23)24-18(16)9-17(13)22)11-20-6-4-5-14(10-20)12(2)21/h7-9,12,14,21-22H,3-6,10-11H2,1-2H3. The van der Waals surface area contributed by atoms with Gasteiger partial charge < -0.3 is 14.6 Å². The summed E-state index contributed by atoms with van der Waals surface area (Å²) < 4.78 is 5.26. The number of likely N-dealkylation sites (tertiary alicyclic amines) is 1. The van der Waals surface area contributed by atoms with Gasteiger partial charge in [-0.05, 0) is 55.8 Å². The Kier molecular flexibility index (Phi) is 4.92. The number of phenolic OH excluding ortho intramolecular Hbond substituents is 1. The number of aliphatic hydroxyl groups is 1. The lowest BCUT2D eigenvalue weighted by atomic mass is 9.93. The summed E-state index contributed by atoms with van der Waals surface area (Å²) in [6.45, 7) is 6.27. The van der Waals surface area contributed by atoms with E-state index in [2.05, 4.69) is 4.90 Å². The predicted octanol–water partition coefficient (Wildman–Crippen LogP) is 2.65. The molecule has 2 unspecified atom stereocenters. The van der Waals surface area contributed by atoms with E-state index in [0.717, 1.165) is 42.4 Å². The van der Waals surface area contributed by atoms with Gasteiger partial charge in [0.15, 0.2) is 0 Å². The van der Waals surface area contributed by atoms with Crippen LogP contribution in [0, 0.1) is 5.92 Å². The number of nitrogens with zero attached hydrogens (tertiary/aromatic N) is 1. The fraction of sp³-hybridized carbons (Fsp3) is 0.526. The predicted molar refractivity (Wildman–Crippen MR) is 93.2 cm³/mol. The summed E-state index contributed by atoms with van der Waals surface area (Å²) in [6.07, 6.45) is 2.50. The molecule has 1 fully saturated rings. The molecule has 0 radical (unpaired) electrons. The molecule has 2 N–H and O–H groups in total. The average molecular weight is 331 g/mol. The second kappa shape index (κ2) is 6.95. The third kappa shape index (κ3) is 3.47. The normalized spacial score (nSPS) is 20.4. The summed E-state index contributed by atoms with van der Waals surface area (Å²) in [6, 6.07) is 5.00. The molecule has 0 spiro atoms. The third-order valence-corrected chi connectivity index (χ3v) is 5.03. The van der Waals surface area contributed by atoms with Crippen LogP contribution in [-0.4, -0.2) is 34.3 Å². The Morgan fingerprint density at radius 3 is 2.83 bits per heavy atom. The van der Waals surface area contributed by atoms with Crippen molar-refractivity contribution in [2.24, 2.45) is 5.92 Å². The van der Waals surface area contributed by atoms with E-state index in [-0.39, 0.29) is 17.8 Å². The van der Waals surface area contributed by atoms with Crippen LogP contribution in [0.3, 0.4) is 0 Å². The van der Waals surface area contributed by atoms with Gasteiger partial charge in [0.25, 0.3) is 0 Å². The molecule has 0 bridgehead atoms. The second-order valence-corrected chi connectivity index (χ2v) is 6.80. The Morgan fingerprint density at radius 2 is 2.12 bits per heavy atom. The van der Waals surface area contributed by atoms with E-state index in [1.54, 1.807) is 6.07 Å². The number of rotatable bonds is 4. The van der Waals surface area contributed by atoms with Crippen LogP contribution in [-0.2, 0) is 13.0 Å². The van der Waals surface area contributed by atoms with E-state index in [9.17, 15) is 15.0 Å². The van der Waals surface area contributed by atoms with Gasteiger partial charge in [0, 0.05) is 30.6 Å². The Labute approximate surface area is 141 Å². The number of aromatic hydroxyl groups is 1. The van der Waals surface area contributed by atoms with E-state index < -0.39 is 5.63 Å². The van der Waals surface area contributed by atoms with Crippen molar-refractivity contribution in [3.8, 4) is 5.75 Å². The highest BCUT2D eigenvalue weighted by Gasteiger charge is 2.24. The Bertz CT molecular complexity index is 781. The summed E-state index contributed by atoms with van der Waals surface area (Å²) >= 11 is 0. The third-order valence-electron chi connectivity index (χ3n) is 5.03. The quantitative estimate of drug-likeness (QED) is 0.843. The number of piperidine rings is 1. The fourth-order valence-corrected chi connectivity index (χ4v) is 3.59. The van der Waals surface area contributed by atoms with Crippen molar-refractivity contribution in [3.63, 3.8) is 0 Å². The van der Waals surface area contributed by atoms with E-state index >= 15 is 0 Å². The fourth-order valence-electron chi connectivity index (χ4n) is 3.59. The van der Waals surface area contributed by atoms with Crippen molar-refractivity contribution >= 4 is 11.0 Å². The molecular formula is C19H25NO4. The highest BCUT2D eigenvalue weighted by Crippen LogP contribution is 2.28. The molecule has 2 heterocycles. The van der Waals surface area contributed by atoms with E-state index in [0.29, 0.717) is 18.5 Å². The minimum Gasteiger partial charge on any atom is -0.508 e. The van der Waals surface area contributed by atoms with Crippen molar-refractivity contribution < 1.29 is 14.6 Å². The van der Waals surface area contributed by atoms with Crippen molar-refractivity contribution in [2.75, 3.05) is 13.1 Å². The molecule has 1 aromatic carbocycles. The highest BCUT2D eigenvalue weighted by molar-refractivity contribution is 5.82. The van der Waals surface area contributed by atoms with Gasteiger partial charge in [-0.15, -0.1) is 0 Å². The lowest BCUT2D eigenvalue weighted by molar-refractivity contribution is 0.0600. The van der Waals surface area contributed by atoms with Crippen molar-refractivity contribution in [1.82, 2.24) is 4.90 Å². The molecule has 0 saturated carbocycles. The van der Waals surface area contributed by atoms with Crippen LogP contribution in [0.25, 0.3) is 11.0 Å². The van der Waals surface area contributed by atoms with Crippen molar-refractivity contribution in [1.29, 1.82) is 0 Å². The lowest BCUT2D eigenvalue weighted by Crippen LogP contribution is -2.39. The molecule has 24 heavy (non-hydrogen) atoms. The first kappa shape index (κ1) is 17.0. The molecular weight excluding hydrogens is 306 g/mol. The Hall–Kier alpha value is -1.85. The maximum Gasteiger partial charge on any atom is 0.336 e. The first-order valence-electron chi connectivity index (χ1n) is 8.67. The molecule has 2 aromatic rings. The molecule has 1 aromatic heterocycles. The monoisotopic (exact) mass is 331 g/mol. The van der Waals surface area contributed by atoms with Crippen LogP contribution in [0.4, 0.5) is 0 Å². The molecule has 130 valence electrons. The largest absolute Gasteiger partial charge is 0.508 e. The topological polar surface area (TPSA) is 73.9 Å².